The van der Waals surface area contributed by atoms with Crippen molar-refractivity contribution in [3.05, 3.63) is 12.2 Å². The number of carboxylic acid groups (broad SMARTS) is 2. The monoisotopic (exact) mass is 488 g/mol. The maximum atomic E-state index is 9.55. The van der Waals surface area contributed by atoms with E-state index in [1.165, 1.54) is 113 Å². The third-order valence-electron chi connectivity index (χ3n) is 5.95. The second-order valence-corrected chi connectivity index (χ2v) is 9.48. The van der Waals surface area contributed by atoms with Crippen LogP contribution in [0.2, 0.25) is 0 Å². The molecule has 34 heavy (non-hydrogen) atoms. The van der Waals surface area contributed by atoms with Crippen molar-refractivity contribution in [3.8, 4) is 0 Å². The molecule has 0 aliphatic rings. The Balaban J connectivity index is -0.000000438. The lowest BCUT2D eigenvalue weighted by Crippen LogP contribution is -2.50. The molecule has 0 spiro atoms. The lowest BCUT2D eigenvalue weighted by molar-refractivity contribution is -0.928. The van der Waals surface area contributed by atoms with E-state index in [9.17, 15) is 9.59 Å². The van der Waals surface area contributed by atoms with Crippen LogP contribution in [0.4, 0.5) is 0 Å². The van der Waals surface area contributed by atoms with Crippen molar-refractivity contribution >= 4 is 11.9 Å². The largest absolute Gasteiger partial charge is 0.478 e. The molecule has 0 atom stereocenters. The van der Waals surface area contributed by atoms with Gasteiger partial charge in [0, 0.05) is 12.2 Å². The van der Waals surface area contributed by atoms with Crippen molar-refractivity contribution in [1.29, 1.82) is 0 Å². The van der Waals surface area contributed by atoms with Crippen molar-refractivity contribution in [2.75, 3.05) is 52.4 Å². The van der Waals surface area contributed by atoms with E-state index in [1.807, 2.05) is 0 Å². The van der Waals surface area contributed by atoms with Crippen molar-refractivity contribution in [2.24, 2.45) is 0 Å². The predicted octanol–water partition coefficient (Wildman–Crippen LogP) is 6.60. The van der Waals surface area contributed by atoms with E-state index in [2.05, 4.69) is 55.4 Å². The molecule has 0 bridgehead atoms. The van der Waals surface area contributed by atoms with E-state index in [4.69, 9.17) is 10.2 Å². The number of carbonyl (C=O) groups is 2. The van der Waals surface area contributed by atoms with E-state index in [-0.39, 0.29) is 0 Å². The molecule has 204 valence electrons. The van der Waals surface area contributed by atoms with Gasteiger partial charge in [0.2, 0.25) is 0 Å². The molecule has 0 unspecified atom stereocenters. The molecule has 0 aromatic heterocycles. The maximum Gasteiger partial charge on any atom is 0.328 e. The first-order valence-electron chi connectivity index (χ1n) is 14.0. The molecule has 0 heterocycles. The van der Waals surface area contributed by atoms with Gasteiger partial charge in [-0.1, -0.05) is 55.4 Å². The van der Waals surface area contributed by atoms with Gasteiger partial charge in [-0.25, -0.2) is 9.59 Å². The van der Waals surface area contributed by atoms with Crippen LogP contribution in [0.3, 0.4) is 0 Å². The Hall–Kier alpha value is -1.40. The van der Waals surface area contributed by atoms with Gasteiger partial charge in [0.05, 0.1) is 52.4 Å². The summed E-state index contributed by atoms with van der Waals surface area (Å²) in [5.41, 5.74) is 0. The summed E-state index contributed by atoms with van der Waals surface area (Å²) in [6.45, 7) is 29.6. The number of carboxylic acids is 2. The van der Waals surface area contributed by atoms with Crippen molar-refractivity contribution in [2.45, 2.75) is 107 Å². The van der Waals surface area contributed by atoms with Crippen LogP contribution in [-0.2, 0) is 9.59 Å². The Bertz CT molecular complexity index is 404. The molecule has 0 aromatic rings. The zero-order valence-electron chi connectivity index (χ0n) is 24.1. The minimum absolute atomic E-state index is 0.558. The number of aliphatic carboxylic acids is 2. The van der Waals surface area contributed by atoms with Gasteiger partial charge in [-0.15, -0.1) is 0 Å². The Morgan fingerprint density at radius 1 is 0.441 bits per heavy atom. The van der Waals surface area contributed by atoms with E-state index >= 15 is 0 Å². The Kier molecular flexibility index (Phi) is 27.0. The normalized spacial score (nSPS) is 11.4. The average molecular weight is 489 g/mol. The van der Waals surface area contributed by atoms with Crippen LogP contribution >= 0.6 is 0 Å². The number of hydrogen-bond donors (Lipinski definition) is 2. The van der Waals surface area contributed by atoms with Gasteiger partial charge >= 0.3 is 11.9 Å². The van der Waals surface area contributed by atoms with Crippen molar-refractivity contribution in [1.82, 2.24) is 0 Å². The fraction of sp³-hybridized carbons (Fsp3) is 0.857. The van der Waals surface area contributed by atoms with Crippen LogP contribution in [0.1, 0.15) is 107 Å². The van der Waals surface area contributed by atoms with E-state index in [0.717, 1.165) is 0 Å². The van der Waals surface area contributed by atoms with Crippen LogP contribution in [0, 0.1) is 0 Å². The van der Waals surface area contributed by atoms with Crippen LogP contribution in [0.5, 0.6) is 0 Å². The molecule has 0 aromatic carbocycles. The molecule has 0 rings (SSSR count). The highest BCUT2D eigenvalue weighted by Gasteiger charge is 2.23. The van der Waals surface area contributed by atoms with Gasteiger partial charge < -0.3 is 19.2 Å². The topological polar surface area (TPSA) is 74.6 Å². The number of hydrogen-bond acceptors (Lipinski definition) is 2. The molecule has 2 N–H and O–H groups in total. The first kappa shape index (κ1) is 37.2. The van der Waals surface area contributed by atoms with Crippen molar-refractivity contribution in [3.63, 3.8) is 0 Å². The highest BCUT2D eigenvalue weighted by atomic mass is 16.4. The third-order valence-corrected chi connectivity index (χ3v) is 5.95. The zero-order valence-corrected chi connectivity index (χ0v) is 24.1. The standard InChI is InChI=1S/2C12H28N.C4H4O4/c2*1-5-9-13(10-6-2,11-7-3)12-8-4;5-3(6)1-2-4(7)8/h2*5-12H2,1-4H3;1-2H,(H,5,6)(H,7,8)/q2*+1;/b;;2-1+. The molecular weight excluding hydrogens is 428 g/mol. The van der Waals surface area contributed by atoms with Gasteiger partial charge in [-0.05, 0) is 51.4 Å². The zero-order chi connectivity index (χ0) is 26.9. The van der Waals surface area contributed by atoms with Gasteiger partial charge in [-0.2, -0.15) is 0 Å². The third kappa shape index (κ3) is 21.2. The van der Waals surface area contributed by atoms with E-state index in [1.54, 1.807) is 0 Å². The van der Waals surface area contributed by atoms with Crippen LogP contribution in [0.25, 0.3) is 0 Å². The highest BCUT2D eigenvalue weighted by Crippen LogP contribution is 2.13. The molecule has 6 nitrogen and oxygen atoms in total. The van der Waals surface area contributed by atoms with Gasteiger partial charge in [0.25, 0.3) is 0 Å². The summed E-state index contributed by atoms with van der Waals surface area (Å²) in [5, 5.41) is 15.6. The number of rotatable bonds is 18. The molecule has 0 amide bonds. The summed E-state index contributed by atoms with van der Waals surface area (Å²) in [6, 6.07) is 0. The summed E-state index contributed by atoms with van der Waals surface area (Å²) in [6.07, 6.45) is 11.8. The molecule has 0 fully saturated rings. The first-order valence-corrected chi connectivity index (χ1v) is 14.0. The molecule has 0 aliphatic heterocycles. The highest BCUT2D eigenvalue weighted by molar-refractivity contribution is 5.89. The lowest BCUT2D eigenvalue weighted by Gasteiger charge is -2.38. The summed E-state index contributed by atoms with van der Waals surface area (Å²) in [7, 11) is 0. The van der Waals surface area contributed by atoms with Crippen LogP contribution < -0.4 is 0 Å². The fourth-order valence-corrected chi connectivity index (χ4v) is 5.28. The molecule has 0 saturated carbocycles. The average Bonchev–Trinajstić information content (AvgIpc) is 2.75. The SMILES string of the molecule is CCC[N+](CCC)(CCC)CCC.CCC[N+](CCC)(CCC)CCC.O=C(O)/C=C/C(=O)O. The number of nitrogens with zero attached hydrogens (tertiary/aromatic N) is 2. The van der Waals surface area contributed by atoms with Crippen LogP contribution in [0.15, 0.2) is 12.2 Å². The summed E-state index contributed by atoms with van der Waals surface area (Å²) >= 11 is 0. The Morgan fingerprint density at radius 3 is 0.676 bits per heavy atom. The Morgan fingerprint density at radius 2 is 0.588 bits per heavy atom. The van der Waals surface area contributed by atoms with Crippen LogP contribution in [-0.4, -0.2) is 83.5 Å². The predicted molar refractivity (Wildman–Crippen MR) is 146 cm³/mol. The fourth-order valence-electron chi connectivity index (χ4n) is 5.28. The van der Waals surface area contributed by atoms with Gasteiger partial charge in [0.1, 0.15) is 0 Å². The van der Waals surface area contributed by atoms with E-state index in [0.29, 0.717) is 12.2 Å². The second-order valence-electron chi connectivity index (χ2n) is 9.48. The van der Waals surface area contributed by atoms with Gasteiger partial charge in [0.15, 0.2) is 0 Å². The first-order chi connectivity index (χ1) is 16.1. The van der Waals surface area contributed by atoms with E-state index < -0.39 is 11.9 Å². The minimum Gasteiger partial charge on any atom is -0.478 e. The summed E-state index contributed by atoms with van der Waals surface area (Å²) < 4.78 is 2.75. The summed E-state index contributed by atoms with van der Waals surface area (Å²) in [4.78, 5) is 19.1. The quantitative estimate of drug-likeness (QED) is 0.168. The molecular formula is C28H60N2O4+2. The lowest BCUT2D eigenvalue weighted by atomic mass is 10.2. The molecule has 0 radical (unpaired) electrons. The smallest absolute Gasteiger partial charge is 0.328 e. The minimum atomic E-state index is -1.26. The van der Waals surface area contributed by atoms with Crippen molar-refractivity contribution < 1.29 is 28.8 Å². The molecule has 0 saturated heterocycles. The Labute approximate surface area is 212 Å². The maximum absolute atomic E-state index is 9.55. The molecule has 6 heteroatoms. The van der Waals surface area contributed by atoms with Gasteiger partial charge in [-0.3, -0.25) is 0 Å². The summed E-state index contributed by atoms with van der Waals surface area (Å²) in [5.74, 6) is -2.51. The molecule has 0 aliphatic carbocycles. The number of quaternary nitrogens is 2. The second kappa shape index (κ2) is 24.7.